The second-order valence-corrected chi connectivity index (χ2v) is 11.0. The summed E-state index contributed by atoms with van der Waals surface area (Å²) in [5.41, 5.74) is -0.677. The van der Waals surface area contributed by atoms with Crippen molar-refractivity contribution < 1.29 is 27.5 Å². The fourth-order valence-corrected chi connectivity index (χ4v) is 4.84. The minimum absolute atomic E-state index is 0.0539. The number of likely N-dealkylation sites (tertiary alicyclic amines) is 1. The Morgan fingerprint density at radius 1 is 1.26 bits per heavy atom. The van der Waals surface area contributed by atoms with Crippen LogP contribution in [-0.4, -0.2) is 60.1 Å². The SMILES string of the molecule is C=NOC(=NCCC(C)(C)C)N1CCCC2(CC1)Oc1cnc(-c3ccc(C=O)c(F)c3)cc1CC2(F)F. The van der Waals surface area contributed by atoms with E-state index in [2.05, 4.69) is 42.6 Å². The molecule has 1 spiro atoms. The summed E-state index contributed by atoms with van der Waals surface area (Å²) < 4.78 is 51.7. The van der Waals surface area contributed by atoms with Gasteiger partial charge in [0.05, 0.1) is 17.5 Å². The van der Waals surface area contributed by atoms with Crippen LogP contribution in [0, 0.1) is 11.2 Å². The van der Waals surface area contributed by atoms with Crippen molar-refractivity contribution in [3.8, 4) is 17.0 Å². The molecule has 1 fully saturated rings. The molecule has 0 bridgehead atoms. The number of alkyl halides is 2. The number of halogens is 3. The number of hydrogen-bond donors (Lipinski definition) is 0. The van der Waals surface area contributed by atoms with Gasteiger partial charge in [-0.3, -0.25) is 9.78 Å². The monoisotopic (exact) mass is 530 g/mol. The Balaban J connectivity index is 1.54. The molecule has 0 saturated carbocycles. The number of aliphatic imine (C=N–C) groups is 1. The summed E-state index contributed by atoms with van der Waals surface area (Å²) in [6.45, 7) is 11.0. The first kappa shape index (κ1) is 27.6. The molecule has 0 radical (unpaired) electrons. The molecular weight excluding hydrogens is 497 g/mol. The second-order valence-electron chi connectivity index (χ2n) is 11.0. The summed E-state index contributed by atoms with van der Waals surface area (Å²) in [7, 11) is 0. The highest BCUT2D eigenvalue weighted by Gasteiger charge is 2.59. The number of amidine groups is 1. The van der Waals surface area contributed by atoms with Crippen molar-refractivity contribution >= 4 is 19.0 Å². The van der Waals surface area contributed by atoms with Crippen LogP contribution in [-0.2, 0) is 11.3 Å². The van der Waals surface area contributed by atoms with E-state index in [9.17, 15) is 9.18 Å². The predicted molar refractivity (Wildman–Crippen MR) is 139 cm³/mol. The van der Waals surface area contributed by atoms with Crippen LogP contribution in [0.3, 0.4) is 0 Å². The lowest BCUT2D eigenvalue weighted by Crippen LogP contribution is -2.57. The Hall–Kier alpha value is -3.43. The molecule has 4 rings (SSSR count). The van der Waals surface area contributed by atoms with Crippen LogP contribution in [0.25, 0.3) is 11.3 Å². The predicted octanol–water partition coefficient (Wildman–Crippen LogP) is 5.92. The Kier molecular flexibility index (Phi) is 7.80. The third-order valence-corrected chi connectivity index (χ3v) is 7.08. The van der Waals surface area contributed by atoms with Gasteiger partial charge >= 0.3 is 6.02 Å². The number of fused-ring (bicyclic) bond motifs is 1. The third-order valence-electron chi connectivity index (χ3n) is 7.08. The van der Waals surface area contributed by atoms with Gasteiger partial charge in [0.2, 0.25) is 0 Å². The van der Waals surface area contributed by atoms with Gasteiger partial charge in [-0.1, -0.05) is 32.0 Å². The molecule has 1 aromatic heterocycles. The highest BCUT2D eigenvalue weighted by molar-refractivity contribution is 5.77. The number of rotatable bonds is 5. The van der Waals surface area contributed by atoms with Gasteiger partial charge in [0.1, 0.15) is 11.6 Å². The number of ether oxygens (including phenoxy) is 1. The number of carbonyl (C=O) groups excluding carboxylic acids is 1. The van der Waals surface area contributed by atoms with Crippen LogP contribution < -0.4 is 4.74 Å². The van der Waals surface area contributed by atoms with Gasteiger partial charge in [-0.15, -0.1) is 0 Å². The van der Waals surface area contributed by atoms with Crippen molar-refractivity contribution in [2.45, 2.75) is 64.4 Å². The molecule has 2 aliphatic rings. The maximum Gasteiger partial charge on any atom is 0.317 e. The van der Waals surface area contributed by atoms with Gasteiger partial charge in [0.25, 0.3) is 5.92 Å². The molecule has 0 amide bonds. The number of oxime groups is 1. The molecular formula is C28H33F3N4O3. The first-order valence-corrected chi connectivity index (χ1v) is 12.7. The number of carbonyl (C=O) groups is 1. The molecule has 0 aliphatic carbocycles. The van der Waals surface area contributed by atoms with E-state index in [1.54, 1.807) is 0 Å². The Morgan fingerprint density at radius 2 is 2.05 bits per heavy atom. The molecule has 10 heteroatoms. The van der Waals surface area contributed by atoms with Crippen molar-refractivity contribution in [1.82, 2.24) is 9.88 Å². The Labute approximate surface area is 220 Å². The normalized spacial score (nSPS) is 21.3. The fourth-order valence-electron chi connectivity index (χ4n) is 4.84. The first-order chi connectivity index (χ1) is 18.0. The Bertz CT molecular complexity index is 1230. The third kappa shape index (κ3) is 5.84. The van der Waals surface area contributed by atoms with E-state index in [-0.39, 0.29) is 36.4 Å². The topological polar surface area (TPSA) is 76.4 Å². The quantitative estimate of drug-likeness (QED) is 0.208. The molecule has 1 saturated heterocycles. The summed E-state index contributed by atoms with van der Waals surface area (Å²) in [4.78, 5) is 26.9. The van der Waals surface area contributed by atoms with Gasteiger partial charge in [-0.25, -0.2) is 18.2 Å². The Morgan fingerprint density at radius 3 is 2.74 bits per heavy atom. The van der Waals surface area contributed by atoms with E-state index in [1.165, 1.54) is 30.5 Å². The van der Waals surface area contributed by atoms with Gasteiger partial charge in [-0.05, 0) is 42.9 Å². The smallest absolute Gasteiger partial charge is 0.317 e. The summed E-state index contributed by atoms with van der Waals surface area (Å²) >= 11 is 0. The van der Waals surface area contributed by atoms with Crippen LogP contribution in [0.5, 0.6) is 5.75 Å². The van der Waals surface area contributed by atoms with Crippen molar-refractivity contribution in [2.75, 3.05) is 19.6 Å². The van der Waals surface area contributed by atoms with E-state index in [4.69, 9.17) is 9.57 Å². The van der Waals surface area contributed by atoms with Gasteiger partial charge in [0, 0.05) is 50.3 Å². The van der Waals surface area contributed by atoms with Crippen LogP contribution in [0.15, 0.2) is 40.6 Å². The highest BCUT2D eigenvalue weighted by Crippen LogP contribution is 2.48. The molecule has 1 unspecified atom stereocenters. The molecule has 38 heavy (non-hydrogen) atoms. The van der Waals surface area contributed by atoms with Crippen LogP contribution >= 0.6 is 0 Å². The van der Waals surface area contributed by atoms with E-state index in [1.807, 2.05) is 4.90 Å². The van der Waals surface area contributed by atoms with Crippen LogP contribution in [0.1, 0.15) is 62.4 Å². The first-order valence-electron chi connectivity index (χ1n) is 12.7. The van der Waals surface area contributed by atoms with Crippen molar-refractivity contribution in [2.24, 2.45) is 15.6 Å². The number of pyridine rings is 1. The largest absolute Gasteiger partial charge is 0.479 e. The number of aromatic nitrogens is 1. The van der Waals surface area contributed by atoms with Crippen LogP contribution in [0.2, 0.25) is 0 Å². The van der Waals surface area contributed by atoms with Gasteiger partial charge < -0.3 is 14.5 Å². The van der Waals surface area contributed by atoms with Gasteiger partial charge in [0.15, 0.2) is 11.9 Å². The molecule has 0 N–H and O–H groups in total. The minimum Gasteiger partial charge on any atom is -0.479 e. The standard InChI is InChI=1S/C28H33F3N4O3/c1-26(2,3)9-11-33-25(38-32-4)35-12-5-8-27(10-13-35)28(30,31)16-21-15-23(34-17-24(21)37-27)19-6-7-20(18-36)22(29)14-19/h6-7,14-15,17-18H,4-5,8-13,16H2,1-3H3. The lowest BCUT2D eigenvalue weighted by Gasteiger charge is -2.44. The average molecular weight is 531 g/mol. The molecule has 1 atom stereocenters. The minimum atomic E-state index is -3.15. The van der Waals surface area contributed by atoms with Crippen molar-refractivity contribution in [3.63, 3.8) is 0 Å². The number of nitrogens with zero attached hydrogens (tertiary/aromatic N) is 4. The highest BCUT2D eigenvalue weighted by atomic mass is 19.3. The van der Waals surface area contributed by atoms with Gasteiger partial charge in [-0.2, -0.15) is 0 Å². The van der Waals surface area contributed by atoms with Crippen molar-refractivity contribution in [3.05, 3.63) is 47.4 Å². The summed E-state index contributed by atoms with van der Waals surface area (Å²) in [6.07, 6.45) is 2.78. The maximum atomic E-state index is 15.8. The average Bonchev–Trinajstić information content (AvgIpc) is 3.07. The second kappa shape index (κ2) is 10.7. The molecule has 7 nitrogen and oxygen atoms in total. The summed E-state index contributed by atoms with van der Waals surface area (Å²) in [5.74, 6) is -3.55. The molecule has 2 aliphatic heterocycles. The summed E-state index contributed by atoms with van der Waals surface area (Å²) in [5, 5.41) is 3.52. The number of benzene rings is 1. The number of aldehydes is 1. The lowest BCUT2D eigenvalue weighted by molar-refractivity contribution is -0.181. The zero-order valence-electron chi connectivity index (χ0n) is 22.0. The molecule has 1 aromatic carbocycles. The molecule has 204 valence electrons. The molecule has 2 aromatic rings. The van der Waals surface area contributed by atoms with Crippen molar-refractivity contribution in [1.29, 1.82) is 0 Å². The van der Waals surface area contributed by atoms with E-state index >= 15 is 8.78 Å². The fraction of sp³-hybridized carbons (Fsp3) is 0.500. The van der Waals surface area contributed by atoms with E-state index in [0.29, 0.717) is 48.4 Å². The lowest BCUT2D eigenvalue weighted by atomic mass is 9.81. The summed E-state index contributed by atoms with van der Waals surface area (Å²) in [6, 6.07) is 5.81. The van der Waals surface area contributed by atoms with Crippen LogP contribution in [0.4, 0.5) is 13.2 Å². The zero-order chi connectivity index (χ0) is 27.6. The molecule has 3 heterocycles. The van der Waals surface area contributed by atoms with E-state index in [0.717, 1.165) is 6.42 Å². The maximum absolute atomic E-state index is 15.8. The number of hydrogen-bond acceptors (Lipinski definition) is 6. The van der Waals surface area contributed by atoms with E-state index < -0.39 is 23.8 Å². The zero-order valence-corrected chi connectivity index (χ0v) is 22.0.